The number of amides is 1. The lowest BCUT2D eigenvalue weighted by Gasteiger charge is -2.21. The lowest BCUT2D eigenvalue weighted by molar-refractivity contribution is 0.0716. The molecule has 8 heteroatoms. The van der Waals surface area contributed by atoms with E-state index in [9.17, 15) is 4.79 Å². The molecule has 0 bridgehead atoms. The highest BCUT2D eigenvalue weighted by atomic mass is 16.5. The third-order valence-corrected chi connectivity index (χ3v) is 6.92. The van der Waals surface area contributed by atoms with Crippen molar-refractivity contribution < 1.29 is 9.32 Å². The van der Waals surface area contributed by atoms with E-state index in [1.54, 1.807) is 0 Å². The Morgan fingerprint density at radius 1 is 1.03 bits per heavy atom. The Balaban J connectivity index is 1.28. The van der Waals surface area contributed by atoms with Gasteiger partial charge in [0, 0.05) is 38.0 Å². The van der Waals surface area contributed by atoms with Crippen LogP contribution >= 0.6 is 0 Å². The number of likely N-dealkylation sites (tertiary alicyclic amines) is 1. The summed E-state index contributed by atoms with van der Waals surface area (Å²) in [6.07, 6.45) is 9.12. The van der Waals surface area contributed by atoms with E-state index in [-0.39, 0.29) is 5.91 Å². The molecule has 0 radical (unpaired) electrons. The van der Waals surface area contributed by atoms with Crippen molar-refractivity contribution in [3.63, 3.8) is 0 Å². The van der Waals surface area contributed by atoms with Crippen LogP contribution in [0.4, 0.5) is 0 Å². The molecule has 2 aromatic rings. The van der Waals surface area contributed by atoms with Gasteiger partial charge in [-0.3, -0.25) is 9.69 Å². The number of nitrogens with zero attached hydrogens (tertiary/aromatic N) is 6. The molecule has 156 valence electrons. The van der Waals surface area contributed by atoms with E-state index in [0.29, 0.717) is 30.8 Å². The van der Waals surface area contributed by atoms with Gasteiger partial charge in [-0.25, -0.2) is 0 Å². The van der Waals surface area contributed by atoms with Crippen molar-refractivity contribution >= 4 is 5.91 Å². The van der Waals surface area contributed by atoms with Gasteiger partial charge in [-0.2, -0.15) is 0 Å². The molecule has 1 atom stereocenters. The van der Waals surface area contributed by atoms with Gasteiger partial charge in [-0.1, -0.05) is 24.4 Å². The average molecular weight is 399 g/mol. The van der Waals surface area contributed by atoms with E-state index >= 15 is 0 Å². The maximum absolute atomic E-state index is 13.1. The molecule has 2 aliphatic heterocycles. The molecule has 2 fully saturated rings. The summed E-state index contributed by atoms with van der Waals surface area (Å²) in [6, 6.07) is 2.22. The number of aromatic nitrogens is 4. The van der Waals surface area contributed by atoms with Gasteiger partial charge in [0.2, 0.25) is 5.76 Å². The fraction of sp³-hybridized carbons (Fsp3) is 0.714. The van der Waals surface area contributed by atoms with Gasteiger partial charge in [0.15, 0.2) is 0 Å². The van der Waals surface area contributed by atoms with Crippen molar-refractivity contribution in [1.82, 2.24) is 29.7 Å². The summed E-state index contributed by atoms with van der Waals surface area (Å²) in [5.74, 6) is 2.79. The Hall–Kier alpha value is -2.22. The van der Waals surface area contributed by atoms with Crippen LogP contribution in [0, 0.1) is 0 Å². The fourth-order valence-corrected chi connectivity index (χ4v) is 5.17. The van der Waals surface area contributed by atoms with Gasteiger partial charge < -0.3 is 14.0 Å². The molecule has 0 unspecified atom stereocenters. The molecule has 8 nitrogen and oxygen atoms in total. The maximum Gasteiger partial charge on any atom is 0.292 e. The molecule has 1 saturated carbocycles. The predicted molar refractivity (Wildman–Crippen MR) is 107 cm³/mol. The Kier molecular flexibility index (Phi) is 5.11. The maximum atomic E-state index is 13.1. The van der Waals surface area contributed by atoms with Crippen molar-refractivity contribution in [2.75, 3.05) is 26.7 Å². The average Bonchev–Trinajstić information content (AvgIpc) is 3.46. The number of hydrogen-bond donors (Lipinski definition) is 0. The summed E-state index contributed by atoms with van der Waals surface area (Å²) in [4.78, 5) is 17.3. The van der Waals surface area contributed by atoms with Gasteiger partial charge in [0.1, 0.15) is 11.6 Å². The van der Waals surface area contributed by atoms with Gasteiger partial charge in [0.05, 0.1) is 11.7 Å². The van der Waals surface area contributed by atoms with Crippen molar-refractivity contribution in [3.8, 4) is 0 Å². The first-order valence-corrected chi connectivity index (χ1v) is 11.1. The lowest BCUT2D eigenvalue weighted by Crippen LogP contribution is -2.33. The Bertz CT molecular complexity index is 868. The lowest BCUT2D eigenvalue weighted by atomic mass is 9.87. The smallest absolute Gasteiger partial charge is 0.292 e. The van der Waals surface area contributed by atoms with E-state index in [1.807, 2.05) is 11.0 Å². The monoisotopic (exact) mass is 398 g/mol. The van der Waals surface area contributed by atoms with Crippen molar-refractivity contribution in [3.05, 3.63) is 29.2 Å². The summed E-state index contributed by atoms with van der Waals surface area (Å²) in [6.45, 7) is 3.12. The molecule has 0 aromatic carbocycles. The Morgan fingerprint density at radius 3 is 2.69 bits per heavy atom. The quantitative estimate of drug-likeness (QED) is 0.791. The van der Waals surface area contributed by atoms with Crippen LogP contribution in [0.25, 0.3) is 0 Å². The second-order valence-corrected chi connectivity index (χ2v) is 8.76. The summed E-state index contributed by atoms with van der Waals surface area (Å²) in [7, 11) is 2.15. The Labute approximate surface area is 171 Å². The number of rotatable bonds is 3. The number of carbonyl (C=O) groups excluding carboxylic acids is 1. The second-order valence-electron chi connectivity index (χ2n) is 8.76. The van der Waals surface area contributed by atoms with E-state index in [4.69, 9.17) is 4.52 Å². The molecule has 1 amide bonds. The van der Waals surface area contributed by atoms with Crippen molar-refractivity contribution in [2.45, 2.75) is 69.9 Å². The highest BCUT2D eigenvalue weighted by Crippen LogP contribution is 2.33. The molecule has 0 N–H and O–H groups in total. The van der Waals surface area contributed by atoms with Gasteiger partial charge in [0.25, 0.3) is 5.91 Å². The summed E-state index contributed by atoms with van der Waals surface area (Å²) >= 11 is 0. The minimum Gasteiger partial charge on any atom is -0.351 e. The van der Waals surface area contributed by atoms with Crippen LogP contribution in [0.15, 0.2) is 10.6 Å². The molecule has 1 saturated heterocycles. The predicted octanol–water partition coefficient (Wildman–Crippen LogP) is 2.78. The molecule has 5 rings (SSSR count). The third kappa shape index (κ3) is 3.58. The normalized spacial score (nSPS) is 23.9. The third-order valence-electron chi connectivity index (χ3n) is 6.92. The van der Waals surface area contributed by atoms with Gasteiger partial charge in [-0.15, -0.1) is 10.2 Å². The van der Waals surface area contributed by atoms with Crippen LogP contribution in [-0.4, -0.2) is 62.3 Å². The molecule has 1 aliphatic carbocycles. The largest absolute Gasteiger partial charge is 0.351 e. The van der Waals surface area contributed by atoms with Crippen molar-refractivity contribution in [2.24, 2.45) is 0 Å². The highest BCUT2D eigenvalue weighted by Gasteiger charge is 2.31. The Morgan fingerprint density at radius 2 is 1.90 bits per heavy atom. The first-order chi connectivity index (χ1) is 14.2. The minimum absolute atomic E-state index is 0.0576. The van der Waals surface area contributed by atoms with Gasteiger partial charge >= 0.3 is 0 Å². The van der Waals surface area contributed by atoms with Gasteiger partial charge in [-0.05, 0) is 39.3 Å². The summed E-state index contributed by atoms with van der Waals surface area (Å²) in [5, 5.41) is 13.2. The standard InChI is InChI=1S/C21H30N6O2/c1-25-10-5-8-17(25)20-23-22-19-9-11-26(12-13-27(19)20)21(28)18-14-16(24-29-18)15-6-3-2-4-7-15/h14-15,17H,2-13H2,1H3/t17-/m1/s1. The molecule has 3 aliphatic rings. The van der Waals surface area contributed by atoms with E-state index < -0.39 is 0 Å². The molecule has 2 aromatic heterocycles. The second kappa shape index (κ2) is 7.89. The van der Waals surface area contributed by atoms with Crippen LogP contribution in [0.5, 0.6) is 0 Å². The van der Waals surface area contributed by atoms with Crippen molar-refractivity contribution in [1.29, 1.82) is 0 Å². The van der Waals surface area contributed by atoms with Crippen LogP contribution in [0.1, 0.15) is 84.8 Å². The number of hydrogen-bond acceptors (Lipinski definition) is 6. The number of fused-ring (bicyclic) bond motifs is 1. The zero-order valence-corrected chi connectivity index (χ0v) is 17.2. The molecular formula is C21H30N6O2. The molecule has 29 heavy (non-hydrogen) atoms. The molecule has 4 heterocycles. The first-order valence-electron chi connectivity index (χ1n) is 11.1. The first kappa shape index (κ1) is 18.8. The van der Waals surface area contributed by atoms with Crippen LogP contribution in [-0.2, 0) is 13.0 Å². The van der Waals surface area contributed by atoms with Crippen LogP contribution < -0.4 is 0 Å². The van der Waals surface area contributed by atoms with Crippen LogP contribution in [0.2, 0.25) is 0 Å². The zero-order chi connectivity index (χ0) is 19.8. The van der Waals surface area contributed by atoms with E-state index in [2.05, 4.69) is 31.9 Å². The van der Waals surface area contributed by atoms with Crippen LogP contribution in [0.3, 0.4) is 0 Å². The highest BCUT2D eigenvalue weighted by molar-refractivity contribution is 5.91. The number of carbonyl (C=O) groups is 1. The summed E-state index contributed by atoms with van der Waals surface area (Å²) < 4.78 is 7.70. The fourth-order valence-electron chi connectivity index (χ4n) is 5.17. The van der Waals surface area contributed by atoms with E-state index in [0.717, 1.165) is 56.1 Å². The minimum atomic E-state index is -0.0576. The van der Waals surface area contributed by atoms with E-state index in [1.165, 1.54) is 25.7 Å². The SMILES string of the molecule is CN1CCC[C@@H]1c1nnc2n1CCN(C(=O)c1cc(C3CCCCC3)no1)CC2. The zero-order valence-electron chi connectivity index (χ0n) is 17.2. The summed E-state index contributed by atoms with van der Waals surface area (Å²) in [5.41, 5.74) is 0.951. The molecular weight excluding hydrogens is 368 g/mol. The molecule has 0 spiro atoms. The topological polar surface area (TPSA) is 80.3 Å².